The molecule has 3 aromatic rings. The molecular formula is C19H21ClN5O3+. The summed E-state index contributed by atoms with van der Waals surface area (Å²) in [6, 6.07) is 9.25. The third kappa shape index (κ3) is 3.43. The Balaban J connectivity index is 1.41. The fourth-order valence-corrected chi connectivity index (χ4v) is 3.66. The van der Waals surface area contributed by atoms with E-state index in [0.717, 1.165) is 28.9 Å². The van der Waals surface area contributed by atoms with Crippen molar-refractivity contribution in [3.63, 3.8) is 0 Å². The van der Waals surface area contributed by atoms with Crippen molar-refractivity contribution in [2.24, 2.45) is 0 Å². The van der Waals surface area contributed by atoms with Crippen LogP contribution in [0.3, 0.4) is 0 Å². The molecule has 1 saturated heterocycles. The molecule has 9 heteroatoms. The maximum atomic E-state index is 12.7. The van der Waals surface area contributed by atoms with Gasteiger partial charge in [0.15, 0.2) is 6.54 Å². The first-order chi connectivity index (χ1) is 13.6. The van der Waals surface area contributed by atoms with Crippen LogP contribution in [-0.4, -0.2) is 59.1 Å². The highest BCUT2D eigenvalue weighted by Gasteiger charge is 2.25. The second-order valence-corrected chi connectivity index (χ2v) is 7.03. The first-order valence-electron chi connectivity index (χ1n) is 8.98. The van der Waals surface area contributed by atoms with E-state index < -0.39 is 0 Å². The van der Waals surface area contributed by atoms with E-state index in [0.29, 0.717) is 29.5 Å². The Hall–Kier alpha value is -3.00. The van der Waals surface area contributed by atoms with E-state index in [9.17, 15) is 10.0 Å². The monoisotopic (exact) mass is 402 g/mol. The van der Waals surface area contributed by atoms with Crippen LogP contribution in [0.15, 0.2) is 42.7 Å². The number of fused-ring (bicyclic) bond motifs is 1. The minimum atomic E-state index is -0.0258. The van der Waals surface area contributed by atoms with Gasteiger partial charge in [-0.1, -0.05) is 16.7 Å². The van der Waals surface area contributed by atoms with E-state index >= 15 is 0 Å². The van der Waals surface area contributed by atoms with Gasteiger partial charge < -0.3 is 19.7 Å². The third-order valence-electron chi connectivity index (χ3n) is 4.98. The number of nitrogens with zero attached hydrogens (tertiary/aromatic N) is 5. The van der Waals surface area contributed by atoms with Crippen LogP contribution < -0.4 is 14.4 Å². The topological polar surface area (TPSA) is 74.7 Å². The molecule has 1 aliphatic heterocycles. The maximum absolute atomic E-state index is 12.7. The number of hydrogen-bond acceptors (Lipinski definition) is 5. The molecule has 0 unspecified atom stereocenters. The molecule has 1 N–H and O–H groups in total. The molecule has 2 aromatic heterocycles. The Morgan fingerprint density at radius 2 is 2.07 bits per heavy atom. The number of benzene rings is 1. The second-order valence-electron chi connectivity index (χ2n) is 6.62. The quantitative estimate of drug-likeness (QED) is 0.529. The highest BCUT2D eigenvalue weighted by Crippen LogP contribution is 2.29. The number of piperazine rings is 1. The van der Waals surface area contributed by atoms with Crippen molar-refractivity contribution in [2.75, 3.05) is 38.2 Å². The third-order valence-corrected chi connectivity index (χ3v) is 5.29. The second kappa shape index (κ2) is 7.55. The largest absolute Gasteiger partial charge is 0.495 e. The lowest BCUT2D eigenvalue weighted by Gasteiger charge is -2.36. The maximum Gasteiger partial charge on any atom is 0.350 e. The molecule has 3 heterocycles. The lowest BCUT2D eigenvalue weighted by atomic mass is 10.2. The molecule has 1 aliphatic rings. The Labute approximate surface area is 167 Å². The predicted molar refractivity (Wildman–Crippen MR) is 104 cm³/mol. The number of methoxy groups -OCH3 is 1. The Morgan fingerprint density at radius 3 is 2.82 bits per heavy atom. The Morgan fingerprint density at radius 1 is 1.29 bits per heavy atom. The fourth-order valence-electron chi connectivity index (χ4n) is 3.46. The highest BCUT2D eigenvalue weighted by atomic mass is 35.5. The van der Waals surface area contributed by atoms with Crippen molar-refractivity contribution < 1.29 is 19.5 Å². The lowest BCUT2D eigenvalue weighted by molar-refractivity contribution is -0.886. The van der Waals surface area contributed by atoms with Gasteiger partial charge in [-0.25, -0.2) is 0 Å². The summed E-state index contributed by atoms with van der Waals surface area (Å²) >= 11 is 6.10. The summed E-state index contributed by atoms with van der Waals surface area (Å²) in [6.45, 7) is 2.75. The van der Waals surface area contributed by atoms with Crippen molar-refractivity contribution in [3.05, 3.63) is 47.7 Å². The number of carbonyl (C=O) groups excluding carboxylic acids is 1. The number of pyridine rings is 1. The molecule has 0 bridgehead atoms. The van der Waals surface area contributed by atoms with Crippen LogP contribution >= 0.6 is 11.6 Å². The first kappa shape index (κ1) is 18.4. The summed E-state index contributed by atoms with van der Waals surface area (Å²) in [5.41, 5.74) is 1.52. The molecule has 0 radical (unpaired) electrons. The van der Waals surface area contributed by atoms with Crippen molar-refractivity contribution in [1.29, 1.82) is 0 Å². The van der Waals surface area contributed by atoms with E-state index in [1.165, 1.54) is 10.9 Å². The standard InChI is InChI=1S/C19H21ClN5O3/c1-28-17-11-15(4-5-16(17)20)22-7-9-23(10-8-22)18(26)13-24-19-14(12-21-24)3-2-6-25(19)27/h2-6,11-12,27H,7-10,13H2,1H3/q+1. The molecule has 146 valence electrons. The van der Waals surface area contributed by atoms with E-state index in [-0.39, 0.29) is 12.5 Å². The number of hydrogen-bond donors (Lipinski definition) is 1. The van der Waals surface area contributed by atoms with Gasteiger partial charge in [0.1, 0.15) is 11.9 Å². The first-order valence-corrected chi connectivity index (χ1v) is 9.36. The van der Waals surface area contributed by atoms with Crippen molar-refractivity contribution in [1.82, 2.24) is 14.7 Å². The van der Waals surface area contributed by atoms with E-state index in [2.05, 4.69) is 10.00 Å². The van der Waals surface area contributed by atoms with Crippen LogP contribution in [-0.2, 0) is 11.3 Å². The summed E-state index contributed by atoms with van der Waals surface area (Å²) in [4.78, 5) is 16.8. The van der Waals surface area contributed by atoms with Crippen LogP contribution in [0, 0.1) is 0 Å². The molecule has 8 nitrogen and oxygen atoms in total. The van der Waals surface area contributed by atoms with Crippen LogP contribution in [0.25, 0.3) is 11.0 Å². The number of carbonyl (C=O) groups is 1. The molecule has 0 atom stereocenters. The highest BCUT2D eigenvalue weighted by molar-refractivity contribution is 6.32. The van der Waals surface area contributed by atoms with Gasteiger partial charge in [0.2, 0.25) is 0 Å². The van der Waals surface area contributed by atoms with Gasteiger partial charge in [-0.15, -0.1) is 4.68 Å². The molecule has 1 aromatic carbocycles. The average Bonchev–Trinajstić information content (AvgIpc) is 3.12. The smallest absolute Gasteiger partial charge is 0.350 e. The summed E-state index contributed by atoms with van der Waals surface area (Å²) in [5, 5.41) is 15.6. The summed E-state index contributed by atoms with van der Waals surface area (Å²) in [6.07, 6.45) is 3.16. The van der Waals surface area contributed by atoms with Gasteiger partial charge in [-0.2, -0.15) is 0 Å². The molecule has 4 rings (SSSR count). The number of halogens is 1. The predicted octanol–water partition coefficient (Wildman–Crippen LogP) is 1.57. The van der Waals surface area contributed by atoms with Gasteiger partial charge in [0.05, 0.1) is 23.7 Å². The molecule has 28 heavy (non-hydrogen) atoms. The van der Waals surface area contributed by atoms with Gasteiger partial charge in [0, 0.05) is 37.9 Å². The van der Waals surface area contributed by atoms with Gasteiger partial charge in [-0.05, 0) is 29.0 Å². The van der Waals surface area contributed by atoms with Crippen LogP contribution in [0.1, 0.15) is 0 Å². The molecular weight excluding hydrogens is 382 g/mol. The van der Waals surface area contributed by atoms with Crippen molar-refractivity contribution in [3.8, 4) is 5.75 Å². The lowest BCUT2D eigenvalue weighted by Crippen LogP contribution is -2.49. The summed E-state index contributed by atoms with van der Waals surface area (Å²) < 4.78 is 7.79. The zero-order valence-corrected chi connectivity index (χ0v) is 16.2. The zero-order chi connectivity index (χ0) is 19.7. The SMILES string of the molecule is COc1cc(N2CCN(C(=O)Cn3ncc4ccc[n+](O)c43)CC2)ccc1Cl. The van der Waals surface area contributed by atoms with Crippen molar-refractivity contribution in [2.45, 2.75) is 6.54 Å². The summed E-state index contributed by atoms with van der Waals surface area (Å²) in [5.74, 6) is 0.614. The molecule has 0 spiro atoms. The molecule has 0 saturated carbocycles. The number of anilines is 1. The van der Waals surface area contributed by atoms with Crippen LogP contribution in [0.4, 0.5) is 5.69 Å². The van der Waals surface area contributed by atoms with Gasteiger partial charge >= 0.3 is 5.65 Å². The van der Waals surface area contributed by atoms with E-state index in [4.69, 9.17) is 16.3 Å². The minimum absolute atomic E-state index is 0.0258. The fraction of sp³-hybridized carbons (Fsp3) is 0.316. The average molecular weight is 403 g/mol. The molecule has 1 fully saturated rings. The Kier molecular flexibility index (Phi) is 4.95. The van der Waals surface area contributed by atoms with E-state index in [1.54, 1.807) is 19.4 Å². The van der Waals surface area contributed by atoms with E-state index in [1.807, 2.05) is 29.2 Å². The Bertz CT molecular complexity index is 1010. The van der Waals surface area contributed by atoms with Crippen molar-refractivity contribution >= 4 is 34.2 Å². The number of ether oxygens (including phenoxy) is 1. The molecule has 0 aliphatic carbocycles. The number of rotatable bonds is 4. The van der Waals surface area contributed by atoms with Crippen LogP contribution in [0.2, 0.25) is 5.02 Å². The zero-order valence-electron chi connectivity index (χ0n) is 15.5. The van der Waals surface area contributed by atoms with Gasteiger partial charge in [0.25, 0.3) is 5.91 Å². The minimum Gasteiger partial charge on any atom is -0.495 e. The van der Waals surface area contributed by atoms with Crippen LogP contribution in [0.5, 0.6) is 5.75 Å². The molecule has 1 amide bonds. The number of amides is 1. The number of aromatic nitrogens is 3. The normalized spacial score (nSPS) is 14.5. The summed E-state index contributed by atoms with van der Waals surface area (Å²) in [7, 11) is 1.59. The van der Waals surface area contributed by atoms with Gasteiger partial charge in [-0.3, -0.25) is 4.79 Å².